The summed E-state index contributed by atoms with van der Waals surface area (Å²) in [5.41, 5.74) is -0.186. The van der Waals surface area contributed by atoms with Crippen LogP contribution in [0.4, 0.5) is 4.39 Å². The number of hydrogen-bond donors (Lipinski definition) is 1. The quantitative estimate of drug-likeness (QED) is 0.704. The van der Waals surface area contributed by atoms with E-state index in [1.54, 1.807) is 6.07 Å². The molecular weight excluding hydrogens is 171 g/mol. The van der Waals surface area contributed by atoms with Crippen molar-refractivity contribution in [2.75, 3.05) is 0 Å². The molecule has 0 bridgehead atoms. The molecule has 0 atom stereocenters. The molecule has 1 N–H and O–H groups in total. The van der Waals surface area contributed by atoms with Gasteiger partial charge >= 0.3 is 0 Å². The minimum atomic E-state index is -0.661. The normalized spacial score (nSPS) is 18.2. The first-order valence-electron chi connectivity index (χ1n) is 4.14. The van der Waals surface area contributed by atoms with Crippen molar-refractivity contribution >= 4 is 6.29 Å². The van der Waals surface area contributed by atoms with Gasteiger partial charge in [0.05, 0.1) is 5.41 Å². The van der Waals surface area contributed by atoms with Crippen LogP contribution in [0.3, 0.4) is 0 Å². The monoisotopic (exact) mass is 180 g/mol. The van der Waals surface area contributed by atoms with Gasteiger partial charge in [0.25, 0.3) is 0 Å². The molecule has 0 aliphatic heterocycles. The summed E-state index contributed by atoms with van der Waals surface area (Å²) in [4.78, 5) is 10.7. The smallest absolute Gasteiger partial charge is 0.165 e. The Morgan fingerprint density at radius 3 is 2.69 bits per heavy atom. The molecule has 0 amide bonds. The molecule has 1 aromatic rings. The number of aldehydes is 1. The molecule has 0 unspecified atom stereocenters. The molecule has 1 aliphatic carbocycles. The van der Waals surface area contributed by atoms with Crippen molar-refractivity contribution in [3.8, 4) is 5.75 Å². The summed E-state index contributed by atoms with van der Waals surface area (Å²) >= 11 is 0. The van der Waals surface area contributed by atoms with E-state index in [0.29, 0.717) is 18.4 Å². The molecule has 2 rings (SSSR count). The Balaban J connectivity index is 2.52. The molecule has 1 fully saturated rings. The molecular formula is C10H9FO2. The van der Waals surface area contributed by atoms with E-state index in [1.807, 2.05) is 0 Å². The van der Waals surface area contributed by atoms with E-state index < -0.39 is 11.2 Å². The third-order valence-electron chi connectivity index (χ3n) is 2.54. The van der Waals surface area contributed by atoms with Crippen LogP contribution >= 0.6 is 0 Å². The molecule has 13 heavy (non-hydrogen) atoms. The Morgan fingerprint density at radius 1 is 1.46 bits per heavy atom. The average Bonchev–Trinajstić information content (AvgIpc) is 2.90. The lowest BCUT2D eigenvalue weighted by Gasteiger charge is -2.09. The number of carbonyl (C=O) groups excluding carboxylic acids is 1. The number of phenolic OH excluding ortho intramolecular Hbond substituents is 1. The fourth-order valence-corrected chi connectivity index (χ4v) is 1.50. The van der Waals surface area contributed by atoms with Crippen LogP contribution in [0, 0.1) is 5.82 Å². The SMILES string of the molecule is O=CC1(c2cccc(F)c2O)CC1. The van der Waals surface area contributed by atoms with Gasteiger partial charge in [0.15, 0.2) is 11.6 Å². The van der Waals surface area contributed by atoms with Crippen LogP contribution in [0.5, 0.6) is 5.75 Å². The highest BCUT2D eigenvalue weighted by molar-refractivity contribution is 5.74. The topological polar surface area (TPSA) is 37.3 Å². The molecule has 0 saturated heterocycles. The van der Waals surface area contributed by atoms with E-state index in [-0.39, 0.29) is 5.75 Å². The van der Waals surface area contributed by atoms with E-state index in [9.17, 15) is 14.3 Å². The van der Waals surface area contributed by atoms with E-state index in [2.05, 4.69) is 0 Å². The maximum atomic E-state index is 12.9. The van der Waals surface area contributed by atoms with Crippen molar-refractivity contribution in [1.29, 1.82) is 0 Å². The Kier molecular flexibility index (Phi) is 1.62. The maximum absolute atomic E-state index is 12.9. The van der Waals surface area contributed by atoms with Gasteiger partial charge in [-0.05, 0) is 18.9 Å². The second-order valence-electron chi connectivity index (χ2n) is 3.41. The van der Waals surface area contributed by atoms with Crippen molar-refractivity contribution in [2.45, 2.75) is 18.3 Å². The number of carbonyl (C=O) groups is 1. The summed E-state index contributed by atoms with van der Waals surface area (Å²) in [7, 11) is 0. The predicted molar refractivity (Wildman–Crippen MR) is 45.0 cm³/mol. The summed E-state index contributed by atoms with van der Waals surface area (Å²) < 4.78 is 12.9. The predicted octanol–water partition coefficient (Wildman–Crippen LogP) is 1.76. The fourth-order valence-electron chi connectivity index (χ4n) is 1.50. The number of phenols is 1. The molecule has 1 aromatic carbocycles. The van der Waals surface area contributed by atoms with Gasteiger partial charge in [-0.15, -0.1) is 0 Å². The fraction of sp³-hybridized carbons (Fsp3) is 0.300. The number of para-hydroxylation sites is 1. The van der Waals surface area contributed by atoms with Gasteiger partial charge in [0.1, 0.15) is 6.29 Å². The Bertz CT molecular complexity index is 356. The highest BCUT2D eigenvalue weighted by Crippen LogP contribution is 2.49. The molecule has 1 aliphatic rings. The van der Waals surface area contributed by atoms with Crippen molar-refractivity contribution in [3.05, 3.63) is 29.6 Å². The van der Waals surface area contributed by atoms with E-state index >= 15 is 0 Å². The molecule has 3 heteroatoms. The van der Waals surface area contributed by atoms with E-state index in [0.717, 1.165) is 6.29 Å². The third kappa shape index (κ3) is 1.11. The second-order valence-corrected chi connectivity index (χ2v) is 3.41. The van der Waals surface area contributed by atoms with Crippen LogP contribution in [0.2, 0.25) is 0 Å². The summed E-state index contributed by atoms with van der Waals surface area (Å²) in [6.45, 7) is 0. The molecule has 0 spiro atoms. The Morgan fingerprint density at radius 2 is 2.15 bits per heavy atom. The number of rotatable bonds is 2. The number of benzene rings is 1. The first kappa shape index (κ1) is 8.23. The number of aromatic hydroxyl groups is 1. The Labute approximate surface area is 75.0 Å². The highest BCUT2D eigenvalue weighted by Gasteiger charge is 2.46. The molecule has 0 heterocycles. The van der Waals surface area contributed by atoms with Gasteiger partial charge in [0, 0.05) is 5.56 Å². The lowest BCUT2D eigenvalue weighted by molar-refractivity contribution is -0.109. The summed E-state index contributed by atoms with van der Waals surface area (Å²) in [5.74, 6) is -1.04. The zero-order chi connectivity index (χ0) is 9.47. The van der Waals surface area contributed by atoms with Crippen molar-refractivity contribution in [3.63, 3.8) is 0 Å². The van der Waals surface area contributed by atoms with Gasteiger partial charge in [-0.3, -0.25) is 0 Å². The van der Waals surface area contributed by atoms with Gasteiger partial charge in [-0.2, -0.15) is 0 Å². The molecule has 0 aromatic heterocycles. The van der Waals surface area contributed by atoms with Gasteiger partial charge in [-0.1, -0.05) is 12.1 Å². The van der Waals surface area contributed by atoms with E-state index in [4.69, 9.17) is 0 Å². The molecule has 1 saturated carbocycles. The number of hydrogen-bond acceptors (Lipinski definition) is 2. The second kappa shape index (κ2) is 2.55. The standard InChI is InChI=1S/C10H9FO2/c11-8-3-1-2-7(9(8)13)10(6-12)4-5-10/h1-3,6,13H,4-5H2. The van der Waals surface area contributed by atoms with Crippen LogP contribution in [-0.2, 0) is 10.2 Å². The number of halogens is 1. The third-order valence-corrected chi connectivity index (χ3v) is 2.54. The highest BCUT2D eigenvalue weighted by atomic mass is 19.1. The minimum absolute atomic E-state index is 0.382. The zero-order valence-corrected chi connectivity index (χ0v) is 6.96. The summed E-state index contributed by atoms with van der Waals surface area (Å²) in [5, 5.41) is 9.37. The Hall–Kier alpha value is -1.38. The van der Waals surface area contributed by atoms with Gasteiger partial charge in [-0.25, -0.2) is 4.39 Å². The lowest BCUT2D eigenvalue weighted by atomic mass is 9.97. The van der Waals surface area contributed by atoms with Crippen molar-refractivity contribution < 1.29 is 14.3 Å². The zero-order valence-electron chi connectivity index (χ0n) is 6.96. The molecule has 68 valence electrons. The van der Waals surface area contributed by atoms with Gasteiger partial charge < -0.3 is 9.90 Å². The van der Waals surface area contributed by atoms with Crippen LogP contribution in [0.25, 0.3) is 0 Å². The molecule has 0 radical (unpaired) electrons. The van der Waals surface area contributed by atoms with Crippen LogP contribution in [0.15, 0.2) is 18.2 Å². The molecule has 2 nitrogen and oxygen atoms in total. The summed E-state index contributed by atoms with van der Waals surface area (Å²) in [6.07, 6.45) is 2.20. The minimum Gasteiger partial charge on any atom is -0.505 e. The first-order valence-corrected chi connectivity index (χ1v) is 4.14. The van der Waals surface area contributed by atoms with Crippen molar-refractivity contribution in [1.82, 2.24) is 0 Å². The van der Waals surface area contributed by atoms with Crippen LogP contribution < -0.4 is 0 Å². The maximum Gasteiger partial charge on any atom is 0.165 e. The average molecular weight is 180 g/mol. The van der Waals surface area contributed by atoms with Gasteiger partial charge in [0.2, 0.25) is 0 Å². The van der Waals surface area contributed by atoms with Crippen LogP contribution in [-0.4, -0.2) is 11.4 Å². The summed E-state index contributed by atoms with van der Waals surface area (Å²) in [6, 6.07) is 4.29. The van der Waals surface area contributed by atoms with Crippen molar-refractivity contribution in [2.24, 2.45) is 0 Å². The van der Waals surface area contributed by atoms with E-state index in [1.165, 1.54) is 12.1 Å². The first-order chi connectivity index (χ1) is 6.19. The lowest BCUT2D eigenvalue weighted by Crippen LogP contribution is -2.08. The largest absolute Gasteiger partial charge is 0.505 e. The van der Waals surface area contributed by atoms with Crippen LogP contribution in [0.1, 0.15) is 18.4 Å².